The summed E-state index contributed by atoms with van der Waals surface area (Å²) in [5.74, 6) is 1.83. The van der Waals surface area contributed by atoms with Crippen LogP contribution in [0.3, 0.4) is 0 Å². The quantitative estimate of drug-likeness (QED) is 0.524. The number of hydrogen-bond acceptors (Lipinski definition) is 2. The molecule has 2 nitrogen and oxygen atoms in total. The van der Waals surface area contributed by atoms with Crippen LogP contribution in [0.1, 0.15) is 11.1 Å². The second kappa shape index (κ2) is 2.76. The molecule has 1 aromatic rings. The van der Waals surface area contributed by atoms with E-state index in [4.69, 9.17) is 0 Å². The van der Waals surface area contributed by atoms with Gasteiger partial charge in [0, 0.05) is 18.2 Å². The molecule has 12 heavy (non-hydrogen) atoms. The van der Waals surface area contributed by atoms with Crippen LogP contribution in [0, 0.1) is 0 Å². The van der Waals surface area contributed by atoms with Gasteiger partial charge in [0.2, 0.25) is 0 Å². The molecular formula is C10H7NO. The van der Waals surface area contributed by atoms with Crippen molar-refractivity contribution in [1.29, 1.82) is 0 Å². The molecule has 0 fully saturated rings. The Kier molecular flexibility index (Phi) is 1.61. The van der Waals surface area contributed by atoms with Gasteiger partial charge in [0.05, 0.1) is 0 Å². The lowest BCUT2D eigenvalue weighted by Gasteiger charge is -2.08. The van der Waals surface area contributed by atoms with Crippen molar-refractivity contribution in [3.63, 3.8) is 0 Å². The molecule has 0 spiro atoms. The molecule has 0 radical (unpaired) electrons. The van der Waals surface area contributed by atoms with Crippen molar-refractivity contribution in [2.75, 3.05) is 0 Å². The monoisotopic (exact) mass is 157 g/mol. The van der Waals surface area contributed by atoms with E-state index in [1.54, 1.807) is 6.21 Å². The number of hydrogen-bond donors (Lipinski definition) is 0. The first kappa shape index (κ1) is 7.01. The number of fused-ring (bicyclic) bond motifs is 1. The molecule has 1 aliphatic rings. The van der Waals surface area contributed by atoms with Gasteiger partial charge in [0.1, 0.15) is 0 Å². The van der Waals surface area contributed by atoms with Crippen LogP contribution in [0.4, 0.5) is 0 Å². The normalized spacial score (nSPS) is 13.8. The summed E-state index contributed by atoms with van der Waals surface area (Å²) in [5, 5.41) is 0. The Bertz CT molecular complexity index is 387. The van der Waals surface area contributed by atoms with E-state index in [1.165, 1.54) is 0 Å². The highest BCUT2D eigenvalue weighted by Crippen LogP contribution is 2.21. The summed E-state index contributed by atoms with van der Waals surface area (Å²) >= 11 is 0. The van der Waals surface area contributed by atoms with Crippen molar-refractivity contribution in [3.8, 4) is 0 Å². The van der Waals surface area contributed by atoms with Crippen LogP contribution in [-0.2, 0) is 11.2 Å². The Hall–Kier alpha value is -1.66. The standard InChI is InChI=1S/C10H7NO/c12-7-10-9-4-2-1-3-8(9)5-6-11-10/h1-4,6H,5H2. The van der Waals surface area contributed by atoms with Crippen molar-refractivity contribution in [3.05, 3.63) is 35.4 Å². The van der Waals surface area contributed by atoms with E-state index in [2.05, 4.69) is 4.99 Å². The SMILES string of the molecule is O=C=C1N=CCc2ccccc21. The zero-order valence-corrected chi connectivity index (χ0v) is 6.45. The van der Waals surface area contributed by atoms with Crippen LogP contribution < -0.4 is 0 Å². The zero-order valence-electron chi connectivity index (χ0n) is 6.45. The topological polar surface area (TPSA) is 29.4 Å². The lowest BCUT2D eigenvalue weighted by Crippen LogP contribution is -1.99. The minimum Gasteiger partial charge on any atom is -0.248 e. The Labute approximate surface area is 70.3 Å². The van der Waals surface area contributed by atoms with Gasteiger partial charge in [-0.25, -0.2) is 9.79 Å². The summed E-state index contributed by atoms with van der Waals surface area (Å²) in [6, 6.07) is 7.75. The number of nitrogens with zero attached hydrogens (tertiary/aromatic N) is 1. The third-order valence-corrected chi connectivity index (χ3v) is 1.90. The maximum Gasteiger partial charge on any atom is 0.154 e. The summed E-state index contributed by atoms with van der Waals surface area (Å²) in [6.45, 7) is 0. The van der Waals surface area contributed by atoms with Crippen LogP contribution in [0.25, 0.3) is 5.70 Å². The predicted molar refractivity (Wildman–Crippen MR) is 47.7 cm³/mol. The van der Waals surface area contributed by atoms with Crippen molar-refractivity contribution >= 4 is 17.9 Å². The average molecular weight is 157 g/mol. The predicted octanol–water partition coefficient (Wildman–Crippen LogP) is 1.49. The van der Waals surface area contributed by atoms with Crippen LogP contribution in [0.2, 0.25) is 0 Å². The first-order valence-corrected chi connectivity index (χ1v) is 3.78. The smallest absolute Gasteiger partial charge is 0.154 e. The molecule has 1 aromatic carbocycles. The molecule has 0 amide bonds. The molecule has 0 aromatic heterocycles. The number of rotatable bonds is 0. The maximum atomic E-state index is 10.4. The third kappa shape index (κ3) is 0.987. The molecule has 1 aliphatic heterocycles. The van der Waals surface area contributed by atoms with E-state index in [0.717, 1.165) is 17.5 Å². The highest BCUT2D eigenvalue weighted by molar-refractivity contribution is 5.94. The highest BCUT2D eigenvalue weighted by Gasteiger charge is 2.09. The number of aliphatic imine (C=N–C) groups is 1. The molecule has 0 unspecified atom stereocenters. The zero-order chi connectivity index (χ0) is 8.39. The molecule has 0 N–H and O–H groups in total. The number of carbonyl (C=O) groups excluding carboxylic acids is 1. The van der Waals surface area contributed by atoms with Gasteiger partial charge in [0.25, 0.3) is 0 Å². The van der Waals surface area contributed by atoms with E-state index in [9.17, 15) is 4.79 Å². The molecule has 1 heterocycles. The van der Waals surface area contributed by atoms with Gasteiger partial charge >= 0.3 is 0 Å². The first-order chi connectivity index (χ1) is 5.92. The Morgan fingerprint density at radius 1 is 1.33 bits per heavy atom. The van der Waals surface area contributed by atoms with Gasteiger partial charge in [-0.05, 0) is 5.56 Å². The minimum absolute atomic E-state index is 0.414. The second-order valence-corrected chi connectivity index (χ2v) is 2.62. The van der Waals surface area contributed by atoms with Gasteiger partial charge in [-0.15, -0.1) is 0 Å². The fourth-order valence-electron chi connectivity index (χ4n) is 1.32. The molecule has 2 heteroatoms. The van der Waals surface area contributed by atoms with Gasteiger partial charge in [-0.1, -0.05) is 24.3 Å². The summed E-state index contributed by atoms with van der Waals surface area (Å²) in [6.07, 6.45) is 2.55. The van der Waals surface area contributed by atoms with E-state index < -0.39 is 0 Å². The molecule has 0 bridgehead atoms. The van der Waals surface area contributed by atoms with Crippen molar-refractivity contribution < 1.29 is 4.79 Å². The Morgan fingerprint density at radius 3 is 3.00 bits per heavy atom. The first-order valence-electron chi connectivity index (χ1n) is 3.78. The second-order valence-electron chi connectivity index (χ2n) is 2.62. The molecule has 0 atom stereocenters. The molecule has 0 saturated carbocycles. The highest BCUT2D eigenvalue weighted by atomic mass is 16.1. The van der Waals surface area contributed by atoms with E-state index in [1.807, 2.05) is 30.2 Å². The van der Waals surface area contributed by atoms with E-state index >= 15 is 0 Å². The van der Waals surface area contributed by atoms with Crippen molar-refractivity contribution in [2.45, 2.75) is 6.42 Å². The fourth-order valence-corrected chi connectivity index (χ4v) is 1.32. The maximum absolute atomic E-state index is 10.4. The minimum atomic E-state index is 0.414. The molecule has 2 rings (SSSR count). The van der Waals surface area contributed by atoms with Crippen LogP contribution in [0.5, 0.6) is 0 Å². The average Bonchev–Trinajstić information content (AvgIpc) is 2.17. The van der Waals surface area contributed by atoms with Gasteiger partial charge in [-0.3, -0.25) is 0 Å². The molecular weight excluding hydrogens is 150 g/mol. The summed E-state index contributed by atoms with van der Waals surface area (Å²) in [7, 11) is 0. The molecule has 0 saturated heterocycles. The fraction of sp³-hybridized carbons (Fsp3) is 0.100. The van der Waals surface area contributed by atoms with E-state index in [0.29, 0.717) is 5.70 Å². The van der Waals surface area contributed by atoms with Gasteiger partial charge in [0.15, 0.2) is 11.6 Å². The largest absolute Gasteiger partial charge is 0.248 e. The van der Waals surface area contributed by atoms with Crippen LogP contribution >= 0.6 is 0 Å². The van der Waals surface area contributed by atoms with Gasteiger partial charge in [-0.2, -0.15) is 0 Å². The Balaban J connectivity index is 2.65. The summed E-state index contributed by atoms with van der Waals surface area (Å²) in [4.78, 5) is 14.4. The van der Waals surface area contributed by atoms with Crippen molar-refractivity contribution in [2.24, 2.45) is 4.99 Å². The van der Waals surface area contributed by atoms with Crippen LogP contribution in [0.15, 0.2) is 29.3 Å². The summed E-state index contributed by atoms with van der Waals surface area (Å²) in [5.41, 5.74) is 2.47. The lowest BCUT2D eigenvalue weighted by atomic mass is 10.0. The van der Waals surface area contributed by atoms with E-state index in [-0.39, 0.29) is 0 Å². The Morgan fingerprint density at radius 2 is 2.17 bits per heavy atom. The number of benzene rings is 1. The lowest BCUT2D eigenvalue weighted by molar-refractivity contribution is 0.569. The van der Waals surface area contributed by atoms with Gasteiger partial charge < -0.3 is 0 Å². The summed E-state index contributed by atoms with van der Waals surface area (Å²) < 4.78 is 0. The van der Waals surface area contributed by atoms with Crippen molar-refractivity contribution in [1.82, 2.24) is 0 Å². The van der Waals surface area contributed by atoms with Crippen LogP contribution in [-0.4, -0.2) is 12.2 Å². The third-order valence-electron chi connectivity index (χ3n) is 1.90. The molecule has 0 aliphatic carbocycles. The molecule has 58 valence electrons.